The van der Waals surface area contributed by atoms with E-state index >= 15 is 0 Å². The molecule has 0 aliphatic carbocycles. The summed E-state index contributed by atoms with van der Waals surface area (Å²) in [5.41, 5.74) is 2.34. The zero-order valence-corrected chi connectivity index (χ0v) is 22.2. The van der Waals surface area contributed by atoms with Crippen LogP contribution in [-0.2, 0) is 4.79 Å². The van der Waals surface area contributed by atoms with Gasteiger partial charge in [-0.25, -0.2) is 4.99 Å². The van der Waals surface area contributed by atoms with Crippen molar-refractivity contribution in [1.82, 2.24) is 9.47 Å². The van der Waals surface area contributed by atoms with Crippen LogP contribution in [0.3, 0.4) is 0 Å². The Hall–Kier alpha value is -4.05. The number of likely N-dealkylation sites (N-methyl/N-ethyl adjacent to an activating group) is 1. The average molecular weight is 521 g/mol. The Labute approximate surface area is 217 Å². The molecule has 1 aliphatic rings. The molecule has 1 atom stereocenters. The number of rotatable bonds is 7. The molecule has 2 heterocycles. The Morgan fingerprint density at radius 2 is 1.92 bits per heavy atom. The Bertz CT molecular complexity index is 1600. The summed E-state index contributed by atoms with van der Waals surface area (Å²) in [6.45, 7) is 8.29. The van der Waals surface area contributed by atoms with E-state index in [9.17, 15) is 19.7 Å². The van der Waals surface area contributed by atoms with Gasteiger partial charge in [0.1, 0.15) is 11.8 Å². The largest absolute Gasteiger partial charge is 0.496 e. The lowest BCUT2D eigenvalue weighted by Gasteiger charge is -2.29. The summed E-state index contributed by atoms with van der Waals surface area (Å²) in [6, 6.07) is 11.4. The number of hydrogen-bond donors (Lipinski definition) is 0. The van der Waals surface area contributed by atoms with E-state index in [0.29, 0.717) is 56.1 Å². The predicted molar refractivity (Wildman–Crippen MR) is 143 cm³/mol. The quantitative estimate of drug-likeness (QED) is 0.351. The molecule has 10 heteroatoms. The number of allylic oxidation sites excluding steroid dienone is 1. The molecule has 192 valence electrons. The maximum atomic E-state index is 13.8. The van der Waals surface area contributed by atoms with Crippen molar-refractivity contribution in [3.8, 4) is 5.75 Å². The molecular weight excluding hydrogens is 492 g/mol. The number of nitro benzene ring substituents is 1. The first kappa shape index (κ1) is 26.0. The molecule has 0 saturated carbocycles. The van der Waals surface area contributed by atoms with Crippen molar-refractivity contribution < 1.29 is 14.5 Å². The van der Waals surface area contributed by atoms with Crippen LogP contribution < -0.4 is 19.6 Å². The maximum absolute atomic E-state index is 13.8. The van der Waals surface area contributed by atoms with Gasteiger partial charge in [-0.3, -0.25) is 24.3 Å². The zero-order chi connectivity index (χ0) is 26.9. The van der Waals surface area contributed by atoms with E-state index in [2.05, 4.69) is 4.99 Å². The van der Waals surface area contributed by atoms with Crippen LogP contribution in [-0.4, -0.2) is 40.5 Å². The Balaban J connectivity index is 1.99. The minimum absolute atomic E-state index is 0.0172. The molecule has 0 fully saturated rings. The minimum atomic E-state index is -0.741. The smallest absolute Gasteiger partial charge is 0.272 e. The number of nitrogens with zero attached hydrogens (tertiary/aromatic N) is 4. The first-order valence-electron chi connectivity index (χ1n) is 11.9. The lowest BCUT2D eigenvalue weighted by molar-refractivity contribution is -0.385. The first-order valence-corrected chi connectivity index (χ1v) is 12.7. The van der Waals surface area contributed by atoms with Crippen LogP contribution in [0, 0.1) is 17.0 Å². The van der Waals surface area contributed by atoms with Crippen molar-refractivity contribution in [2.24, 2.45) is 4.99 Å². The van der Waals surface area contributed by atoms with Gasteiger partial charge in [0, 0.05) is 30.3 Å². The predicted octanol–water partition coefficient (Wildman–Crippen LogP) is 3.33. The summed E-state index contributed by atoms with van der Waals surface area (Å²) in [7, 11) is 1.55. The molecule has 9 nitrogen and oxygen atoms in total. The van der Waals surface area contributed by atoms with Gasteiger partial charge in [-0.1, -0.05) is 41.7 Å². The zero-order valence-electron chi connectivity index (χ0n) is 21.3. The molecule has 4 rings (SSSR count). The molecule has 1 amide bonds. The second-order valence-electron chi connectivity index (χ2n) is 8.60. The van der Waals surface area contributed by atoms with Gasteiger partial charge in [-0.15, -0.1) is 0 Å². The fourth-order valence-corrected chi connectivity index (χ4v) is 5.57. The maximum Gasteiger partial charge on any atom is 0.272 e. The average Bonchev–Trinajstić information content (AvgIpc) is 3.18. The number of para-hydroxylation sites is 1. The number of hydrogen-bond acceptors (Lipinski definition) is 7. The summed E-state index contributed by atoms with van der Waals surface area (Å²) >= 11 is 1.18. The van der Waals surface area contributed by atoms with Crippen LogP contribution in [0.2, 0.25) is 0 Å². The van der Waals surface area contributed by atoms with E-state index in [1.807, 2.05) is 32.0 Å². The van der Waals surface area contributed by atoms with Crippen molar-refractivity contribution in [2.45, 2.75) is 33.7 Å². The molecule has 0 saturated heterocycles. The molecule has 0 N–H and O–H groups in total. The van der Waals surface area contributed by atoms with E-state index in [0.717, 1.165) is 0 Å². The van der Waals surface area contributed by atoms with Crippen molar-refractivity contribution in [1.29, 1.82) is 0 Å². The van der Waals surface area contributed by atoms with E-state index < -0.39 is 11.0 Å². The molecule has 0 spiro atoms. The molecule has 2 aromatic carbocycles. The van der Waals surface area contributed by atoms with Gasteiger partial charge in [-0.2, -0.15) is 0 Å². The number of amides is 1. The number of ether oxygens (including phenoxy) is 1. The van der Waals surface area contributed by atoms with E-state index in [4.69, 9.17) is 4.74 Å². The molecule has 37 heavy (non-hydrogen) atoms. The third kappa shape index (κ3) is 4.72. The number of methoxy groups -OCH3 is 1. The molecular formula is C27H28N4O5S. The van der Waals surface area contributed by atoms with Gasteiger partial charge >= 0.3 is 0 Å². The van der Waals surface area contributed by atoms with E-state index in [-0.39, 0.29) is 17.2 Å². The number of carbonyl (C=O) groups is 1. The van der Waals surface area contributed by atoms with Crippen LogP contribution in [0.15, 0.2) is 63.5 Å². The van der Waals surface area contributed by atoms with Crippen molar-refractivity contribution in [2.75, 3.05) is 20.2 Å². The molecule has 0 radical (unpaired) electrons. The topological polar surface area (TPSA) is 107 Å². The summed E-state index contributed by atoms with van der Waals surface area (Å²) < 4.78 is 7.51. The minimum Gasteiger partial charge on any atom is -0.496 e. The van der Waals surface area contributed by atoms with E-state index in [1.54, 1.807) is 50.1 Å². The monoisotopic (exact) mass is 520 g/mol. The number of benzene rings is 2. The van der Waals surface area contributed by atoms with Crippen LogP contribution in [0.4, 0.5) is 5.69 Å². The Morgan fingerprint density at radius 3 is 2.57 bits per heavy atom. The summed E-state index contributed by atoms with van der Waals surface area (Å²) in [4.78, 5) is 45.3. The molecule has 3 aromatic rings. The SMILES string of the molecule is CCN(CC)C(=O)C1=C(C)N=c2s/c(=C\c3ccc(C)c([N+](=O)[O-])c3)c(=O)n2[C@H]1c1ccccc1OC. The van der Waals surface area contributed by atoms with Crippen LogP contribution >= 0.6 is 11.3 Å². The summed E-state index contributed by atoms with van der Waals surface area (Å²) in [5, 5.41) is 11.4. The molecule has 1 aliphatic heterocycles. The first-order chi connectivity index (χ1) is 17.7. The highest BCUT2D eigenvalue weighted by atomic mass is 32.1. The lowest BCUT2D eigenvalue weighted by atomic mass is 9.94. The Kier molecular flexibility index (Phi) is 7.40. The second kappa shape index (κ2) is 10.5. The third-order valence-electron chi connectivity index (χ3n) is 6.46. The highest BCUT2D eigenvalue weighted by Crippen LogP contribution is 2.36. The molecule has 0 unspecified atom stereocenters. The highest BCUT2D eigenvalue weighted by molar-refractivity contribution is 7.07. The fourth-order valence-electron chi connectivity index (χ4n) is 4.53. The normalized spacial score (nSPS) is 15.3. The summed E-state index contributed by atoms with van der Waals surface area (Å²) in [6.07, 6.45) is 1.63. The van der Waals surface area contributed by atoms with Gasteiger partial charge in [0.2, 0.25) is 0 Å². The lowest BCUT2D eigenvalue weighted by Crippen LogP contribution is -2.43. The molecule has 1 aromatic heterocycles. The van der Waals surface area contributed by atoms with Gasteiger partial charge < -0.3 is 9.64 Å². The van der Waals surface area contributed by atoms with Crippen LogP contribution in [0.25, 0.3) is 6.08 Å². The third-order valence-corrected chi connectivity index (χ3v) is 7.45. The van der Waals surface area contributed by atoms with Crippen molar-refractivity contribution in [3.05, 3.63) is 100 Å². The van der Waals surface area contributed by atoms with Crippen molar-refractivity contribution in [3.63, 3.8) is 0 Å². The van der Waals surface area contributed by atoms with Gasteiger partial charge in [0.05, 0.1) is 27.8 Å². The van der Waals surface area contributed by atoms with Crippen molar-refractivity contribution >= 4 is 29.0 Å². The number of fused-ring (bicyclic) bond motifs is 1. The van der Waals surface area contributed by atoms with Gasteiger partial charge in [0.15, 0.2) is 4.80 Å². The number of nitro groups is 1. The van der Waals surface area contributed by atoms with Crippen LogP contribution in [0.5, 0.6) is 5.75 Å². The molecule has 0 bridgehead atoms. The van der Waals surface area contributed by atoms with Gasteiger partial charge in [-0.05, 0) is 45.4 Å². The number of aromatic nitrogens is 1. The highest BCUT2D eigenvalue weighted by Gasteiger charge is 2.35. The van der Waals surface area contributed by atoms with Crippen LogP contribution in [0.1, 0.15) is 43.5 Å². The summed E-state index contributed by atoms with van der Waals surface area (Å²) in [5.74, 6) is 0.362. The Morgan fingerprint density at radius 1 is 1.22 bits per heavy atom. The second-order valence-corrected chi connectivity index (χ2v) is 9.61. The number of aryl methyl sites for hydroxylation is 1. The number of carbonyl (C=O) groups excluding carboxylic acids is 1. The van der Waals surface area contributed by atoms with E-state index in [1.165, 1.54) is 22.0 Å². The standard InChI is InChI=1S/C27H28N4O5S/c1-6-29(7-2)26(33)23-17(4)28-27-30(24(23)19-10-8-9-11-21(19)36-5)25(32)22(37-27)15-18-13-12-16(3)20(14-18)31(34)35/h8-15,24H,6-7H2,1-5H3/b22-15-/t24-/m0/s1. The van der Waals surface area contributed by atoms with Gasteiger partial charge in [0.25, 0.3) is 17.2 Å². The fraction of sp³-hybridized carbons (Fsp3) is 0.296. The number of thiazole rings is 1.